The van der Waals surface area contributed by atoms with E-state index in [9.17, 15) is 16.8 Å². The molecule has 0 unspecified atom stereocenters. The van der Waals surface area contributed by atoms with E-state index in [1.54, 1.807) is 41.5 Å². The van der Waals surface area contributed by atoms with E-state index >= 15 is 0 Å². The Kier molecular flexibility index (Phi) is 9.05. The fourth-order valence-corrected chi connectivity index (χ4v) is 2.68. The fourth-order valence-electron chi connectivity index (χ4n) is 0.893. The highest BCUT2D eigenvalue weighted by Crippen LogP contribution is 1.96. The molecule has 8 heteroatoms. The quantitative estimate of drug-likeness (QED) is 0.780. The second-order valence-electron chi connectivity index (χ2n) is 4.91. The SMILES string of the molecule is CC(C)NS(=O)(=O)C(C)C.CC(C)NS(C)(=O)=O. The summed E-state index contributed by atoms with van der Waals surface area (Å²) in [5.74, 6) is 0. The molecule has 0 atom stereocenters. The summed E-state index contributed by atoms with van der Waals surface area (Å²) in [5.41, 5.74) is 0. The van der Waals surface area contributed by atoms with Crippen LogP contribution in [0.4, 0.5) is 0 Å². The number of nitrogens with one attached hydrogen (secondary N) is 2. The first-order valence-electron chi connectivity index (χ1n) is 5.76. The largest absolute Gasteiger partial charge is 0.214 e. The second kappa shape index (κ2) is 8.08. The molecule has 0 aliphatic rings. The van der Waals surface area contributed by atoms with Gasteiger partial charge in [0.15, 0.2) is 0 Å². The summed E-state index contributed by atoms with van der Waals surface area (Å²) in [7, 11) is -6.02. The first kappa shape index (κ1) is 20.1. The van der Waals surface area contributed by atoms with Crippen molar-refractivity contribution < 1.29 is 16.8 Å². The highest BCUT2D eigenvalue weighted by molar-refractivity contribution is 7.90. The third kappa shape index (κ3) is 13.9. The van der Waals surface area contributed by atoms with Crippen LogP contribution in [0.15, 0.2) is 0 Å². The molecule has 112 valence electrons. The van der Waals surface area contributed by atoms with Gasteiger partial charge in [0, 0.05) is 12.1 Å². The summed E-state index contributed by atoms with van der Waals surface area (Å²) in [4.78, 5) is 0. The molecule has 0 spiro atoms. The summed E-state index contributed by atoms with van der Waals surface area (Å²) < 4.78 is 47.6. The van der Waals surface area contributed by atoms with Crippen LogP contribution >= 0.6 is 0 Å². The Balaban J connectivity index is 0. The smallest absolute Gasteiger partial charge is 0.213 e. The van der Waals surface area contributed by atoms with E-state index in [2.05, 4.69) is 9.44 Å². The van der Waals surface area contributed by atoms with Gasteiger partial charge in [0.1, 0.15) is 0 Å². The Labute approximate surface area is 112 Å². The highest BCUT2D eigenvalue weighted by atomic mass is 32.2. The van der Waals surface area contributed by atoms with E-state index in [4.69, 9.17) is 0 Å². The average Bonchev–Trinajstić information content (AvgIpc) is 1.96. The molecule has 0 aliphatic heterocycles. The van der Waals surface area contributed by atoms with Crippen LogP contribution in [-0.4, -0.2) is 40.4 Å². The van der Waals surface area contributed by atoms with Crippen LogP contribution in [0.1, 0.15) is 41.5 Å². The predicted molar refractivity (Wildman–Crippen MR) is 75.4 cm³/mol. The molecule has 0 saturated carbocycles. The minimum Gasteiger partial charge on any atom is -0.213 e. The van der Waals surface area contributed by atoms with Gasteiger partial charge in [0.05, 0.1) is 11.5 Å². The molecule has 0 rings (SSSR count). The van der Waals surface area contributed by atoms with Gasteiger partial charge in [-0.25, -0.2) is 26.3 Å². The number of hydrogen-bond donors (Lipinski definition) is 2. The van der Waals surface area contributed by atoms with E-state index in [0.717, 1.165) is 6.26 Å². The summed E-state index contributed by atoms with van der Waals surface area (Å²) in [6.07, 6.45) is 1.15. The lowest BCUT2D eigenvalue weighted by Gasteiger charge is -2.11. The third-order valence-corrected chi connectivity index (χ3v) is 4.41. The van der Waals surface area contributed by atoms with Crippen LogP contribution in [0.25, 0.3) is 0 Å². The molecule has 6 nitrogen and oxygen atoms in total. The zero-order valence-corrected chi connectivity index (χ0v) is 13.8. The molecule has 0 aromatic heterocycles. The van der Waals surface area contributed by atoms with Crippen molar-refractivity contribution in [2.45, 2.75) is 58.9 Å². The van der Waals surface area contributed by atoms with E-state index in [1.807, 2.05) is 0 Å². The van der Waals surface area contributed by atoms with Gasteiger partial charge in [0.25, 0.3) is 0 Å². The van der Waals surface area contributed by atoms with Crippen molar-refractivity contribution in [2.75, 3.05) is 6.26 Å². The minimum atomic E-state index is -3.05. The van der Waals surface area contributed by atoms with Crippen molar-refractivity contribution in [3.63, 3.8) is 0 Å². The van der Waals surface area contributed by atoms with E-state index in [0.29, 0.717) is 0 Å². The lowest BCUT2D eigenvalue weighted by atomic mass is 10.4. The molecule has 18 heavy (non-hydrogen) atoms. The molecule has 0 fully saturated rings. The standard InChI is InChI=1S/C6H15NO2S.C4H11NO2S/c1-5(2)7-10(8,9)6(3)4;1-4(2)5-8(3,6)7/h5-7H,1-4H3;4-5H,1-3H3. The van der Waals surface area contributed by atoms with Gasteiger partial charge in [-0.3, -0.25) is 0 Å². The maximum Gasteiger partial charge on any atom is 0.214 e. The van der Waals surface area contributed by atoms with Crippen LogP contribution in [-0.2, 0) is 20.0 Å². The van der Waals surface area contributed by atoms with Crippen molar-refractivity contribution >= 4 is 20.0 Å². The highest BCUT2D eigenvalue weighted by Gasteiger charge is 2.15. The summed E-state index contributed by atoms with van der Waals surface area (Å²) in [6, 6.07) is -0.00241. The van der Waals surface area contributed by atoms with Gasteiger partial charge in [-0.15, -0.1) is 0 Å². The monoisotopic (exact) mass is 302 g/mol. The summed E-state index contributed by atoms with van der Waals surface area (Å²) in [6.45, 7) is 10.5. The Morgan fingerprint density at radius 2 is 1.06 bits per heavy atom. The zero-order valence-electron chi connectivity index (χ0n) is 12.2. The van der Waals surface area contributed by atoms with Crippen molar-refractivity contribution in [1.29, 1.82) is 0 Å². The van der Waals surface area contributed by atoms with Crippen LogP contribution < -0.4 is 9.44 Å². The normalized spacial score (nSPS) is 12.8. The molecule has 0 aromatic rings. The lowest BCUT2D eigenvalue weighted by molar-refractivity contribution is 0.560. The zero-order chi connectivity index (χ0) is 15.1. The average molecular weight is 302 g/mol. The van der Waals surface area contributed by atoms with Crippen LogP contribution in [0.3, 0.4) is 0 Å². The van der Waals surface area contributed by atoms with Gasteiger partial charge in [-0.05, 0) is 41.5 Å². The summed E-state index contributed by atoms with van der Waals surface area (Å²) >= 11 is 0. The minimum absolute atomic E-state index is 0.00463. The van der Waals surface area contributed by atoms with Crippen molar-refractivity contribution in [3.05, 3.63) is 0 Å². The van der Waals surface area contributed by atoms with Crippen molar-refractivity contribution in [2.24, 2.45) is 0 Å². The van der Waals surface area contributed by atoms with Gasteiger partial charge in [0.2, 0.25) is 20.0 Å². The molecular weight excluding hydrogens is 276 g/mol. The molecule has 2 N–H and O–H groups in total. The molecule has 0 heterocycles. The first-order chi connectivity index (χ1) is 7.78. The van der Waals surface area contributed by atoms with Gasteiger partial charge in [-0.2, -0.15) is 0 Å². The molecule has 0 aliphatic carbocycles. The van der Waals surface area contributed by atoms with E-state index < -0.39 is 20.0 Å². The van der Waals surface area contributed by atoms with Gasteiger partial charge >= 0.3 is 0 Å². The third-order valence-electron chi connectivity index (χ3n) is 1.47. The molecule has 0 radical (unpaired) electrons. The Morgan fingerprint density at radius 3 is 1.11 bits per heavy atom. The van der Waals surface area contributed by atoms with Crippen LogP contribution in [0, 0.1) is 0 Å². The second-order valence-corrected chi connectivity index (χ2v) is 8.96. The number of sulfonamides is 2. The van der Waals surface area contributed by atoms with Crippen molar-refractivity contribution in [3.8, 4) is 0 Å². The van der Waals surface area contributed by atoms with Crippen molar-refractivity contribution in [1.82, 2.24) is 9.44 Å². The first-order valence-corrected chi connectivity index (χ1v) is 9.20. The number of hydrogen-bond acceptors (Lipinski definition) is 4. The van der Waals surface area contributed by atoms with Gasteiger partial charge in [-0.1, -0.05) is 0 Å². The Hall–Kier alpha value is -0.180. The maximum atomic E-state index is 11.0. The predicted octanol–water partition coefficient (Wildman–Crippen LogP) is 0.667. The Morgan fingerprint density at radius 1 is 0.722 bits per heavy atom. The number of rotatable bonds is 5. The summed E-state index contributed by atoms with van der Waals surface area (Å²) in [5, 5.41) is -0.338. The molecule has 0 aromatic carbocycles. The lowest BCUT2D eigenvalue weighted by Crippen LogP contribution is -2.35. The molecule has 0 bridgehead atoms. The van der Waals surface area contributed by atoms with Crippen LogP contribution in [0.2, 0.25) is 0 Å². The van der Waals surface area contributed by atoms with Crippen LogP contribution in [0.5, 0.6) is 0 Å². The van der Waals surface area contributed by atoms with E-state index in [1.165, 1.54) is 0 Å². The van der Waals surface area contributed by atoms with Gasteiger partial charge < -0.3 is 0 Å². The van der Waals surface area contributed by atoms with E-state index in [-0.39, 0.29) is 17.3 Å². The molecular formula is C10H26N2O4S2. The Bertz CT molecular complexity index is 411. The maximum absolute atomic E-state index is 11.0. The fraction of sp³-hybridized carbons (Fsp3) is 1.00. The molecule has 0 saturated heterocycles. The molecule has 0 amide bonds. The topological polar surface area (TPSA) is 92.3 Å².